The first-order valence-electron chi connectivity index (χ1n) is 10.5. The van der Waals surface area contributed by atoms with Crippen molar-refractivity contribution in [2.75, 3.05) is 11.9 Å². The fourth-order valence-electron chi connectivity index (χ4n) is 4.28. The molecule has 1 aromatic carbocycles. The highest BCUT2D eigenvalue weighted by atomic mass is 35.5. The molecule has 4 rings (SSSR count). The molecular weight excluding hydrogens is 429 g/mol. The number of rotatable bonds is 8. The highest BCUT2D eigenvalue weighted by Crippen LogP contribution is 2.36. The molecule has 0 saturated carbocycles. The number of Topliss-reactive ketones (excluding diaryl/α,β-unsaturated/α-hetero) is 1. The first kappa shape index (κ1) is 22.0. The highest BCUT2D eigenvalue weighted by molar-refractivity contribution is 6.28. The number of benzene rings is 1. The largest absolute Gasteiger partial charge is 0.363 e. The molecule has 1 aromatic heterocycles. The normalized spacial score (nSPS) is 21.0. The van der Waals surface area contributed by atoms with Gasteiger partial charge in [0.15, 0.2) is 0 Å². The topological polar surface area (TPSA) is 66.9 Å². The molecule has 1 aliphatic heterocycles. The molecule has 0 amide bonds. The molecule has 2 heterocycles. The maximum Gasteiger partial charge on any atom is 0.266 e. The Hall–Kier alpha value is -2.19. The second-order valence-corrected chi connectivity index (χ2v) is 8.60. The van der Waals surface area contributed by atoms with E-state index in [0.717, 1.165) is 36.7 Å². The lowest BCUT2D eigenvalue weighted by Crippen LogP contribution is -2.48. The molecule has 1 aliphatic carbocycles. The van der Waals surface area contributed by atoms with Gasteiger partial charge in [0.05, 0.1) is 23.3 Å². The van der Waals surface area contributed by atoms with Crippen LogP contribution in [0.1, 0.15) is 61.0 Å². The van der Waals surface area contributed by atoms with E-state index in [1.54, 1.807) is 6.92 Å². The van der Waals surface area contributed by atoms with Crippen LogP contribution < -0.4 is 10.6 Å². The molecule has 166 valence electrons. The summed E-state index contributed by atoms with van der Waals surface area (Å²) in [5.41, 5.74) is 1.22. The van der Waals surface area contributed by atoms with E-state index in [0.29, 0.717) is 25.1 Å². The second-order valence-electron chi connectivity index (χ2n) is 8.26. The molecule has 5 nitrogen and oxygen atoms in total. The van der Waals surface area contributed by atoms with E-state index in [1.165, 1.54) is 12.1 Å². The van der Waals surface area contributed by atoms with Gasteiger partial charge in [-0.05, 0) is 56.7 Å². The Morgan fingerprint density at radius 2 is 2.03 bits per heavy atom. The number of ketones is 1. The van der Waals surface area contributed by atoms with Crippen molar-refractivity contribution in [2.45, 2.75) is 57.5 Å². The molecule has 0 bridgehead atoms. The van der Waals surface area contributed by atoms with Crippen molar-refractivity contribution in [2.24, 2.45) is 5.92 Å². The molecule has 2 unspecified atom stereocenters. The Labute approximate surface area is 183 Å². The quantitative estimate of drug-likeness (QED) is 0.563. The predicted molar refractivity (Wildman–Crippen MR) is 112 cm³/mol. The van der Waals surface area contributed by atoms with Crippen molar-refractivity contribution in [3.63, 3.8) is 0 Å². The van der Waals surface area contributed by atoms with Gasteiger partial charge in [-0.3, -0.25) is 4.79 Å². The Morgan fingerprint density at radius 3 is 2.71 bits per heavy atom. The lowest BCUT2D eigenvalue weighted by molar-refractivity contribution is -0.122. The van der Waals surface area contributed by atoms with Gasteiger partial charge in [0.2, 0.25) is 5.28 Å². The summed E-state index contributed by atoms with van der Waals surface area (Å²) in [6.45, 7) is 2.58. The fraction of sp³-hybridized carbons (Fsp3) is 0.500. The molecule has 1 fully saturated rings. The number of hydrogen-bond acceptors (Lipinski definition) is 5. The van der Waals surface area contributed by atoms with Gasteiger partial charge in [-0.25, -0.2) is 23.1 Å². The summed E-state index contributed by atoms with van der Waals surface area (Å²) in [7, 11) is 0. The van der Waals surface area contributed by atoms with Crippen LogP contribution >= 0.6 is 11.6 Å². The van der Waals surface area contributed by atoms with Gasteiger partial charge in [0.1, 0.15) is 17.4 Å². The van der Waals surface area contributed by atoms with Crippen LogP contribution in [0, 0.1) is 11.7 Å². The van der Waals surface area contributed by atoms with Gasteiger partial charge < -0.3 is 10.6 Å². The van der Waals surface area contributed by atoms with E-state index < -0.39 is 23.8 Å². The maximum absolute atomic E-state index is 14.6. The first-order chi connectivity index (χ1) is 14.8. The summed E-state index contributed by atoms with van der Waals surface area (Å²) in [5, 5.41) is 6.34. The molecule has 0 spiro atoms. The van der Waals surface area contributed by atoms with Gasteiger partial charge in [-0.2, -0.15) is 0 Å². The van der Waals surface area contributed by atoms with Crippen molar-refractivity contribution >= 4 is 23.2 Å². The van der Waals surface area contributed by atoms with Crippen LogP contribution in [0.15, 0.2) is 18.2 Å². The summed E-state index contributed by atoms with van der Waals surface area (Å²) in [6.07, 6.45) is 0.671. The number of fused-ring (bicyclic) bond motifs is 1. The van der Waals surface area contributed by atoms with Gasteiger partial charge in [-0.15, -0.1) is 0 Å². The second kappa shape index (κ2) is 9.12. The Bertz CT molecular complexity index is 983. The monoisotopic (exact) mass is 452 g/mol. The molecule has 9 heteroatoms. The number of aromatic nitrogens is 2. The van der Waals surface area contributed by atoms with Gasteiger partial charge in [0.25, 0.3) is 6.43 Å². The molecule has 2 aliphatic rings. The molecular formula is C22H24ClF3N4O. The summed E-state index contributed by atoms with van der Waals surface area (Å²) >= 11 is 6.10. The zero-order chi connectivity index (χ0) is 22.1. The van der Waals surface area contributed by atoms with Crippen LogP contribution in [0.5, 0.6) is 0 Å². The van der Waals surface area contributed by atoms with Crippen LogP contribution in [0.2, 0.25) is 5.28 Å². The fourth-order valence-corrected chi connectivity index (χ4v) is 4.47. The predicted octanol–water partition coefficient (Wildman–Crippen LogP) is 4.81. The number of alkyl halides is 2. The zero-order valence-corrected chi connectivity index (χ0v) is 17.9. The molecule has 31 heavy (non-hydrogen) atoms. The van der Waals surface area contributed by atoms with E-state index in [1.807, 2.05) is 0 Å². The highest BCUT2D eigenvalue weighted by Gasteiger charge is 2.30. The van der Waals surface area contributed by atoms with E-state index in [-0.39, 0.29) is 28.6 Å². The number of carbonyl (C=O) groups is 1. The Balaban J connectivity index is 1.47. The Morgan fingerprint density at radius 1 is 1.29 bits per heavy atom. The summed E-state index contributed by atoms with van der Waals surface area (Å²) in [5.74, 6) is 0.0587. The molecule has 3 atom stereocenters. The number of nitrogens with zero attached hydrogens (tertiary/aromatic N) is 2. The van der Waals surface area contributed by atoms with Crippen molar-refractivity contribution < 1.29 is 18.0 Å². The Kier molecular flexibility index (Phi) is 6.48. The summed E-state index contributed by atoms with van der Waals surface area (Å²) in [6, 6.07) is 3.37. The standard InChI is InChI=1S/C22H24ClF3N4O/c1-11(13-3-2-4-14(19(13)24)20(25)26)28-21-15-9-12(10-17(15)29-22(23)30-21)5-6-18(31)16-7-8-27-16/h2-4,11-12,16,20,27H,5-10H2,1H3,(H,28,29,30)/t11-,12?,16?/m1/s1. The molecule has 2 N–H and O–H groups in total. The molecule has 0 radical (unpaired) electrons. The average Bonchev–Trinajstić information content (AvgIpc) is 3.07. The minimum Gasteiger partial charge on any atom is -0.363 e. The third kappa shape index (κ3) is 4.70. The van der Waals surface area contributed by atoms with Crippen LogP contribution in [0.25, 0.3) is 0 Å². The van der Waals surface area contributed by atoms with Crippen molar-refractivity contribution in [3.05, 3.63) is 51.7 Å². The number of hydrogen-bond donors (Lipinski definition) is 2. The van der Waals surface area contributed by atoms with Crippen LogP contribution in [0.3, 0.4) is 0 Å². The average molecular weight is 453 g/mol. The van der Waals surface area contributed by atoms with Gasteiger partial charge in [-0.1, -0.05) is 18.2 Å². The van der Waals surface area contributed by atoms with E-state index in [2.05, 4.69) is 20.6 Å². The lowest BCUT2D eigenvalue weighted by Gasteiger charge is -2.26. The summed E-state index contributed by atoms with van der Waals surface area (Å²) in [4.78, 5) is 20.8. The third-order valence-corrected chi connectivity index (χ3v) is 6.33. The first-order valence-corrected chi connectivity index (χ1v) is 10.9. The number of halogens is 4. The number of carbonyl (C=O) groups excluding carboxylic acids is 1. The van der Waals surface area contributed by atoms with Crippen LogP contribution in [0.4, 0.5) is 19.0 Å². The van der Waals surface area contributed by atoms with E-state index in [4.69, 9.17) is 11.6 Å². The summed E-state index contributed by atoms with van der Waals surface area (Å²) < 4.78 is 40.7. The number of nitrogens with one attached hydrogen (secondary N) is 2. The smallest absolute Gasteiger partial charge is 0.266 e. The van der Waals surface area contributed by atoms with Gasteiger partial charge >= 0.3 is 0 Å². The zero-order valence-electron chi connectivity index (χ0n) is 17.1. The van der Waals surface area contributed by atoms with Crippen LogP contribution in [-0.4, -0.2) is 28.3 Å². The molecule has 2 aromatic rings. The molecule has 1 saturated heterocycles. The van der Waals surface area contributed by atoms with Crippen molar-refractivity contribution in [1.82, 2.24) is 15.3 Å². The van der Waals surface area contributed by atoms with Crippen LogP contribution in [-0.2, 0) is 17.6 Å². The van der Waals surface area contributed by atoms with E-state index >= 15 is 0 Å². The maximum atomic E-state index is 14.6. The van der Waals surface area contributed by atoms with Crippen molar-refractivity contribution in [1.29, 1.82) is 0 Å². The van der Waals surface area contributed by atoms with E-state index in [9.17, 15) is 18.0 Å². The van der Waals surface area contributed by atoms with Gasteiger partial charge in [0, 0.05) is 17.5 Å². The minimum atomic E-state index is -2.89. The lowest BCUT2D eigenvalue weighted by atomic mass is 9.93. The SMILES string of the molecule is C[C@@H](Nc1nc(Cl)nc2c1CC(CCC(=O)C1CCN1)C2)c1cccc(C(F)F)c1F. The van der Waals surface area contributed by atoms with Crippen molar-refractivity contribution in [3.8, 4) is 0 Å². The number of anilines is 1. The third-order valence-electron chi connectivity index (χ3n) is 6.16. The minimum absolute atomic E-state index is 0.00464.